The van der Waals surface area contributed by atoms with Crippen molar-refractivity contribution >= 4 is 23.4 Å². The Kier molecular flexibility index (Phi) is 5.50. The summed E-state index contributed by atoms with van der Waals surface area (Å²) < 4.78 is 28.5. The molecule has 0 saturated heterocycles. The lowest BCUT2D eigenvalue weighted by Gasteiger charge is -2.13. The average molecular weight is 389 g/mol. The zero-order chi connectivity index (χ0) is 19.6. The van der Waals surface area contributed by atoms with Crippen molar-refractivity contribution in [1.29, 1.82) is 0 Å². The van der Waals surface area contributed by atoms with E-state index in [-0.39, 0.29) is 5.69 Å². The molecule has 1 N–H and O–H groups in total. The van der Waals surface area contributed by atoms with Crippen LogP contribution in [-0.4, -0.2) is 31.4 Å². The number of hydrogen-bond donors (Lipinski definition) is 1. The maximum atomic E-state index is 13.7. The van der Waals surface area contributed by atoms with E-state index >= 15 is 0 Å². The summed E-state index contributed by atoms with van der Waals surface area (Å²) in [6.45, 7) is 5.57. The topological polar surface area (TPSA) is 72.7 Å². The second-order valence-corrected chi connectivity index (χ2v) is 7.34. The van der Waals surface area contributed by atoms with Crippen LogP contribution in [0.15, 0.2) is 41.6 Å². The van der Waals surface area contributed by atoms with Crippen LogP contribution in [0.1, 0.15) is 18.1 Å². The van der Waals surface area contributed by atoms with Gasteiger partial charge >= 0.3 is 0 Å². The van der Waals surface area contributed by atoms with Crippen molar-refractivity contribution in [3.05, 3.63) is 59.2 Å². The molecule has 0 radical (unpaired) electrons. The maximum absolute atomic E-state index is 13.7. The van der Waals surface area contributed by atoms with Gasteiger partial charge in [0, 0.05) is 6.07 Å². The van der Waals surface area contributed by atoms with Gasteiger partial charge in [-0.25, -0.2) is 8.78 Å². The Morgan fingerprint density at radius 2 is 1.96 bits per heavy atom. The number of amides is 1. The van der Waals surface area contributed by atoms with Crippen molar-refractivity contribution in [2.24, 2.45) is 0 Å². The maximum Gasteiger partial charge on any atom is 0.237 e. The Morgan fingerprint density at radius 1 is 1.19 bits per heavy atom. The number of hydrogen-bond acceptors (Lipinski definition) is 5. The minimum Gasteiger partial charge on any atom is -0.323 e. The number of tetrazole rings is 1. The van der Waals surface area contributed by atoms with Gasteiger partial charge in [0.15, 0.2) is 0 Å². The number of thioether (sulfide) groups is 1. The summed E-state index contributed by atoms with van der Waals surface area (Å²) in [5, 5.41) is 13.8. The van der Waals surface area contributed by atoms with Gasteiger partial charge in [0.1, 0.15) is 11.6 Å². The van der Waals surface area contributed by atoms with Crippen LogP contribution < -0.4 is 5.32 Å². The summed E-state index contributed by atoms with van der Waals surface area (Å²) in [5.74, 6) is -1.83. The average Bonchev–Trinajstić information content (AvgIpc) is 3.06. The molecule has 0 aliphatic carbocycles. The molecule has 0 aliphatic rings. The van der Waals surface area contributed by atoms with E-state index in [0.29, 0.717) is 5.16 Å². The number of rotatable bonds is 5. The van der Waals surface area contributed by atoms with Gasteiger partial charge in [0.2, 0.25) is 11.1 Å². The van der Waals surface area contributed by atoms with Gasteiger partial charge in [-0.2, -0.15) is 4.68 Å². The van der Waals surface area contributed by atoms with Crippen molar-refractivity contribution in [3.63, 3.8) is 0 Å². The zero-order valence-electron chi connectivity index (χ0n) is 14.9. The summed E-state index contributed by atoms with van der Waals surface area (Å²) in [5.41, 5.74) is 2.70. The first kappa shape index (κ1) is 19.0. The number of benzene rings is 2. The van der Waals surface area contributed by atoms with E-state index in [9.17, 15) is 13.6 Å². The monoisotopic (exact) mass is 389 g/mol. The first-order valence-electron chi connectivity index (χ1n) is 8.13. The summed E-state index contributed by atoms with van der Waals surface area (Å²) in [4.78, 5) is 12.4. The molecule has 9 heteroatoms. The predicted octanol–water partition coefficient (Wildman–Crippen LogP) is 3.68. The highest BCUT2D eigenvalue weighted by Gasteiger charge is 2.21. The van der Waals surface area contributed by atoms with Crippen LogP contribution in [-0.2, 0) is 4.79 Å². The normalized spacial score (nSPS) is 12.0. The summed E-state index contributed by atoms with van der Waals surface area (Å²) in [6.07, 6.45) is 0. The number of aryl methyl sites for hydroxylation is 2. The molecule has 2 aromatic carbocycles. The minimum atomic E-state index is -0.706. The van der Waals surface area contributed by atoms with Gasteiger partial charge < -0.3 is 5.32 Å². The Morgan fingerprint density at radius 3 is 2.70 bits per heavy atom. The summed E-state index contributed by atoms with van der Waals surface area (Å²) >= 11 is 1.12. The molecule has 1 amide bonds. The highest BCUT2D eigenvalue weighted by molar-refractivity contribution is 8.00. The molecule has 0 aliphatic heterocycles. The molecule has 0 saturated carbocycles. The number of carbonyl (C=O) groups is 1. The van der Waals surface area contributed by atoms with E-state index in [1.54, 1.807) is 11.6 Å². The van der Waals surface area contributed by atoms with E-state index < -0.39 is 22.8 Å². The SMILES string of the molecule is Cc1ccc(-n2nnnc2S[C@@H](C)C(=O)Nc2cc(F)ccc2F)c(C)c1. The smallest absolute Gasteiger partial charge is 0.237 e. The number of anilines is 1. The largest absolute Gasteiger partial charge is 0.323 e. The highest BCUT2D eigenvalue weighted by Crippen LogP contribution is 2.26. The van der Waals surface area contributed by atoms with E-state index in [2.05, 4.69) is 20.8 Å². The fourth-order valence-corrected chi connectivity index (χ4v) is 3.29. The van der Waals surface area contributed by atoms with E-state index in [4.69, 9.17) is 0 Å². The third-order valence-corrected chi connectivity index (χ3v) is 4.89. The van der Waals surface area contributed by atoms with Crippen LogP contribution >= 0.6 is 11.8 Å². The lowest BCUT2D eigenvalue weighted by molar-refractivity contribution is -0.115. The van der Waals surface area contributed by atoms with E-state index in [1.807, 2.05) is 32.0 Å². The molecule has 0 unspecified atom stereocenters. The van der Waals surface area contributed by atoms with Crippen molar-refractivity contribution in [3.8, 4) is 5.69 Å². The van der Waals surface area contributed by atoms with Crippen LogP contribution in [0.3, 0.4) is 0 Å². The molecule has 0 bridgehead atoms. The number of nitrogens with one attached hydrogen (secondary N) is 1. The van der Waals surface area contributed by atoms with Gasteiger partial charge in [-0.15, -0.1) is 5.10 Å². The highest BCUT2D eigenvalue weighted by atomic mass is 32.2. The zero-order valence-corrected chi connectivity index (χ0v) is 15.7. The van der Waals surface area contributed by atoms with Gasteiger partial charge in [0.25, 0.3) is 0 Å². The van der Waals surface area contributed by atoms with Gasteiger partial charge in [-0.3, -0.25) is 4.79 Å². The predicted molar refractivity (Wildman–Crippen MR) is 98.9 cm³/mol. The first-order chi connectivity index (χ1) is 12.8. The van der Waals surface area contributed by atoms with E-state index in [0.717, 1.165) is 46.8 Å². The Balaban J connectivity index is 1.77. The Labute approximate surface area is 159 Å². The molecule has 3 rings (SSSR count). The van der Waals surface area contributed by atoms with Gasteiger partial charge in [0.05, 0.1) is 16.6 Å². The molecule has 3 aromatic rings. The van der Waals surface area contributed by atoms with E-state index in [1.165, 1.54) is 0 Å². The fourth-order valence-electron chi connectivity index (χ4n) is 2.49. The minimum absolute atomic E-state index is 0.207. The molecule has 140 valence electrons. The van der Waals surface area contributed by atoms with Crippen molar-refractivity contribution in [2.45, 2.75) is 31.2 Å². The molecule has 1 atom stereocenters. The van der Waals surface area contributed by atoms with Crippen LogP contribution in [0, 0.1) is 25.5 Å². The quantitative estimate of drug-likeness (QED) is 0.674. The second kappa shape index (κ2) is 7.83. The number of nitrogens with zero attached hydrogens (tertiary/aromatic N) is 4. The Bertz CT molecular complexity index is 992. The third-order valence-electron chi connectivity index (χ3n) is 3.86. The molecule has 27 heavy (non-hydrogen) atoms. The molecular formula is C18H17F2N5OS. The third kappa shape index (κ3) is 4.30. The van der Waals surface area contributed by atoms with Crippen molar-refractivity contribution in [1.82, 2.24) is 20.2 Å². The molecule has 1 heterocycles. The molecule has 0 fully saturated rings. The van der Waals surface area contributed by atoms with Gasteiger partial charge in [-0.05, 0) is 55.0 Å². The van der Waals surface area contributed by atoms with Crippen LogP contribution in [0.5, 0.6) is 0 Å². The number of carbonyl (C=O) groups excluding carboxylic acids is 1. The molecule has 1 aromatic heterocycles. The Hall–Kier alpha value is -2.81. The second-order valence-electron chi connectivity index (χ2n) is 6.04. The van der Waals surface area contributed by atoms with Crippen molar-refractivity contribution < 1.29 is 13.6 Å². The number of aromatic nitrogens is 4. The standard InChI is InChI=1S/C18H17F2N5OS/c1-10-4-7-16(11(2)8-10)25-18(22-23-24-25)27-12(3)17(26)21-15-9-13(19)5-6-14(15)20/h4-9,12H,1-3H3,(H,21,26)/t12-/m0/s1. The van der Waals surface area contributed by atoms with Crippen molar-refractivity contribution in [2.75, 3.05) is 5.32 Å². The molecule has 0 spiro atoms. The van der Waals surface area contributed by atoms with Crippen LogP contribution in [0.2, 0.25) is 0 Å². The molecule has 6 nitrogen and oxygen atoms in total. The number of halogens is 2. The van der Waals surface area contributed by atoms with Gasteiger partial charge in [-0.1, -0.05) is 29.5 Å². The first-order valence-corrected chi connectivity index (χ1v) is 9.01. The lowest BCUT2D eigenvalue weighted by Crippen LogP contribution is -2.23. The summed E-state index contributed by atoms with van der Waals surface area (Å²) in [6, 6.07) is 8.74. The lowest BCUT2D eigenvalue weighted by atomic mass is 10.1. The van der Waals surface area contributed by atoms with Crippen LogP contribution in [0.25, 0.3) is 5.69 Å². The fraction of sp³-hybridized carbons (Fsp3) is 0.222. The summed E-state index contributed by atoms with van der Waals surface area (Å²) in [7, 11) is 0. The van der Waals surface area contributed by atoms with Crippen LogP contribution in [0.4, 0.5) is 14.5 Å². The molecular weight excluding hydrogens is 372 g/mol.